The molecule has 0 spiro atoms. The minimum atomic E-state index is 0.118. The summed E-state index contributed by atoms with van der Waals surface area (Å²) in [6.07, 6.45) is 7.95. The summed E-state index contributed by atoms with van der Waals surface area (Å²) in [6.45, 7) is 17.4. The smallest absolute Gasteiger partial charge is 0.256 e. The summed E-state index contributed by atoms with van der Waals surface area (Å²) in [5, 5.41) is 0. The molecule has 2 bridgehead atoms. The standard InChI is InChI=1S/C46H50BNO/c1-26-17-29-19-35-33(26)18-27(2)32(22-34(35)28(29)3)30-20-41-44-43(21-30)49-42-24-37-36(45(4,5)25-46(37,6)7)23-39(42)47(44)38-15-11-12-16-40(38)48(41)31-13-9-8-10-14-31/h8-16,18,20-21,23-24,26-29,32,34-35H,17,19,22,25H2,1-7H3/t26-,27+,28?,29?,32?,34?,35-/m1/s1. The zero-order valence-electron chi connectivity index (χ0n) is 30.4. The fourth-order valence-corrected chi connectivity index (χ4v) is 12.4. The molecular formula is C46H50BNO. The number of anilines is 3. The van der Waals surface area contributed by atoms with E-state index in [9.17, 15) is 0 Å². The first kappa shape index (κ1) is 30.1. The second-order valence-corrected chi connectivity index (χ2v) is 18.2. The molecule has 4 aromatic carbocycles. The number of hydrogen-bond acceptors (Lipinski definition) is 2. The molecule has 4 aromatic rings. The Hall–Kier alpha value is -3.72. The first-order valence-corrected chi connectivity index (χ1v) is 19.2. The van der Waals surface area contributed by atoms with Gasteiger partial charge in [-0.3, -0.25) is 0 Å². The third kappa shape index (κ3) is 4.20. The quantitative estimate of drug-likeness (QED) is 0.138. The van der Waals surface area contributed by atoms with Crippen LogP contribution >= 0.6 is 0 Å². The zero-order valence-corrected chi connectivity index (χ0v) is 30.4. The zero-order chi connectivity index (χ0) is 33.6. The number of benzene rings is 4. The van der Waals surface area contributed by atoms with Gasteiger partial charge in [-0.05, 0) is 147 Å². The Bertz CT molecular complexity index is 2060. The summed E-state index contributed by atoms with van der Waals surface area (Å²) < 4.78 is 7.24. The van der Waals surface area contributed by atoms with Crippen LogP contribution < -0.4 is 26.0 Å². The van der Waals surface area contributed by atoms with E-state index in [0.29, 0.717) is 11.8 Å². The van der Waals surface area contributed by atoms with E-state index in [4.69, 9.17) is 4.74 Å². The van der Waals surface area contributed by atoms with E-state index in [1.807, 2.05) is 0 Å². The van der Waals surface area contributed by atoms with Crippen molar-refractivity contribution in [2.45, 2.75) is 90.9 Å². The molecule has 0 N–H and O–H groups in total. The Morgan fingerprint density at radius 3 is 2.24 bits per heavy atom. The van der Waals surface area contributed by atoms with E-state index in [2.05, 4.69) is 138 Å². The van der Waals surface area contributed by atoms with Gasteiger partial charge in [-0.1, -0.05) is 103 Å². The van der Waals surface area contributed by atoms with Crippen LogP contribution in [-0.2, 0) is 10.8 Å². The summed E-state index contributed by atoms with van der Waals surface area (Å²) >= 11 is 0. The summed E-state index contributed by atoms with van der Waals surface area (Å²) in [4.78, 5) is 2.54. The first-order chi connectivity index (χ1) is 23.5. The molecule has 0 radical (unpaired) electrons. The molecule has 0 saturated heterocycles. The van der Waals surface area contributed by atoms with Crippen molar-refractivity contribution >= 4 is 40.2 Å². The second-order valence-electron chi connectivity index (χ2n) is 18.2. The monoisotopic (exact) mass is 643 g/mol. The first-order valence-electron chi connectivity index (χ1n) is 19.2. The van der Waals surface area contributed by atoms with E-state index in [1.165, 1.54) is 69.4 Å². The van der Waals surface area contributed by atoms with E-state index in [1.54, 1.807) is 5.57 Å². The van der Waals surface area contributed by atoms with Crippen molar-refractivity contribution in [3.63, 3.8) is 0 Å². The van der Waals surface area contributed by atoms with Crippen LogP contribution in [0.5, 0.6) is 11.5 Å². The Balaban J connectivity index is 1.20. The summed E-state index contributed by atoms with van der Waals surface area (Å²) in [5.41, 5.74) is 14.2. The Labute approximate surface area is 294 Å². The highest BCUT2D eigenvalue weighted by Crippen LogP contribution is 2.59. The predicted molar refractivity (Wildman–Crippen MR) is 206 cm³/mol. The molecule has 49 heavy (non-hydrogen) atoms. The molecule has 3 heteroatoms. The highest BCUT2D eigenvalue weighted by molar-refractivity contribution is 6.99. The lowest BCUT2D eigenvalue weighted by Gasteiger charge is -2.41. The lowest BCUT2D eigenvalue weighted by atomic mass is 9.34. The summed E-state index contributed by atoms with van der Waals surface area (Å²) in [5.74, 6) is 7.06. The van der Waals surface area contributed by atoms with Crippen LogP contribution in [-0.4, -0.2) is 6.71 Å². The molecule has 0 amide bonds. The van der Waals surface area contributed by atoms with Crippen LogP contribution in [0.15, 0.2) is 90.5 Å². The van der Waals surface area contributed by atoms with E-state index < -0.39 is 0 Å². The number of para-hydroxylation sites is 2. The fourth-order valence-electron chi connectivity index (χ4n) is 12.4. The molecule has 2 saturated carbocycles. The van der Waals surface area contributed by atoms with Crippen LogP contribution in [0.2, 0.25) is 0 Å². The van der Waals surface area contributed by atoms with Crippen LogP contribution in [0.25, 0.3) is 0 Å². The largest absolute Gasteiger partial charge is 0.458 e. The molecule has 2 nitrogen and oxygen atoms in total. The normalized spacial score (nSPS) is 30.8. The van der Waals surface area contributed by atoms with Gasteiger partial charge >= 0.3 is 0 Å². The van der Waals surface area contributed by atoms with Crippen LogP contribution in [0.3, 0.4) is 0 Å². The van der Waals surface area contributed by atoms with Gasteiger partial charge in [-0.2, -0.15) is 0 Å². The van der Waals surface area contributed by atoms with Crippen molar-refractivity contribution in [1.82, 2.24) is 0 Å². The third-order valence-electron chi connectivity index (χ3n) is 14.4. The van der Waals surface area contributed by atoms with Gasteiger partial charge in [-0.25, -0.2) is 0 Å². The van der Waals surface area contributed by atoms with E-state index in [-0.39, 0.29) is 17.5 Å². The molecule has 248 valence electrons. The number of allylic oxidation sites excluding steroid dienone is 2. The lowest BCUT2D eigenvalue weighted by molar-refractivity contribution is 0.280. The van der Waals surface area contributed by atoms with Gasteiger partial charge in [0.15, 0.2) is 0 Å². The minimum Gasteiger partial charge on any atom is -0.458 e. The molecule has 4 aliphatic carbocycles. The Morgan fingerprint density at radius 1 is 0.714 bits per heavy atom. The summed E-state index contributed by atoms with van der Waals surface area (Å²) in [7, 11) is 0. The van der Waals surface area contributed by atoms with E-state index >= 15 is 0 Å². The average molecular weight is 644 g/mol. The Morgan fingerprint density at radius 2 is 1.45 bits per heavy atom. The van der Waals surface area contributed by atoms with Crippen molar-refractivity contribution in [3.05, 3.63) is 107 Å². The van der Waals surface area contributed by atoms with Gasteiger partial charge in [0.2, 0.25) is 0 Å². The van der Waals surface area contributed by atoms with Crippen molar-refractivity contribution in [1.29, 1.82) is 0 Å². The molecule has 2 aliphatic heterocycles. The molecule has 10 rings (SSSR count). The SMILES string of the molecule is CC1C2C[C@@H](C)C3=C[C@H](C)C(c4cc5c6c(c4)N(c4ccccc4)c4ccccc4B6c4cc6c(cc4O5)C(C)(C)CC6(C)C)CC1[C@@H]3C2. The van der Waals surface area contributed by atoms with Gasteiger partial charge in [0.05, 0.1) is 0 Å². The third-order valence-corrected chi connectivity index (χ3v) is 14.4. The molecule has 2 fully saturated rings. The molecule has 0 aromatic heterocycles. The number of rotatable bonds is 2. The highest BCUT2D eigenvalue weighted by atomic mass is 16.5. The topological polar surface area (TPSA) is 12.5 Å². The van der Waals surface area contributed by atoms with Gasteiger partial charge < -0.3 is 9.64 Å². The predicted octanol–water partition coefficient (Wildman–Crippen LogP) is 10.0. The van der Waals surface area contributed by atoms with Crippen molar-refractivity contribution in [2.24, 2.45) is 35.5 Å². The van der Waals surface area contributed by atoms with Gasteiger partial charge in [0.25, 0.3) is 6.71 Å². The van der Waals surface area contributed by atoms with E-state index in [0.717, 1.165) is 47.5 Å². The van der Waals surface area contributed by atoms with Crippen LogP contribution in [0, 0.1) is 35.5 Å². The minimum absolute atomic E-state index is 0.118. The maximum atomic E-state index is 7.24. The van der Waals surface area contributed by atoms with Gasteiger partial charge in [0, 0.05) is 17.1 Å². The number of ether oxygens (including phenoxy) is 1. The highest BCUT2D eigenvalue weighted by Gasteiger charge is 2.51. The molecule has 7 atom stereocenters. The maximum absolute atomic E-state index is 7.24. The molecule has 4 unspecified atom stereocenters. The number of hydrogen-bond donors (Lipinski definition) is 0. The van der Waals surface area contributed by atoms with Crippen molar-refractivity contribution in [3.8, 4) is 11.5 Å². The maximum Gasteiger partial charge on any atom is 0.256 e. The number of fused-ring (bicyclic) bond motifs is 6. The number of nitrogens with zero attached hydrogens (tertiary/aromatic N) is 1. The molecule has 2 heterocycles. The lowest BCUT2D eigenvalue weighted by Crippen LogP contribution is -2.59. The summed E-state index contributed by atoms with van der Waals surface area (Å²) in [6, 6.07) is 30.2. The fraction of sp³-hybridized carbons (Fsp3) is 0.435. The second kappa shape index (κ2) is 10.2. The van der Waals surface area contributed by atoms with Crippen LogP contribution in [0.1, 0.15) is 96.8 Å². The van der Waals surface area contributed by atoms with Crippen LogP contribution in [0.4, 0.5) is 17.1 Å². The molecular weight excluding hydrogens is 593 g/mol. The van der Waals surface area contributed by atoms with Crippen molar-refractivity contribution in [2.75, 3.05) is 4.90 Å². The average Bonchev–Trinajstić information content (AvgIpc) is 3.35. The van der Waals surface area contributed by atoms with Gasteiger partial charge in [-0.15, -0.1) is 0 Å². The van der Waals surface area contributed by atoms with Gasteiger partial charge in [0.1, 0.15) is 11.5 Å². The molecule has 6 aliphatic rings. The Kier molecular flexibility index (Phi) is 6.26. The van der Waals surface area contributed by atoms with Crippen molar-refractivity contribution < 1.29 is 4.74 Å².